The van der Waals surface area contributed by atoms with Crippen LogP contribution in [-0.2, 0) is 16.1 Å². The number of nitrogens with zero attached hydrogens (tertiary/aromatic N) is 1. The van der Waals surface area contributed by atoms with Gasteiger partial charge in [0.15, 0.2) is 0 Å². The van der Waals surface area contributed by atoms with Crippen LogP contribution in [0.1, 0.15) is 52.0 Å². The molecule has 0 aliphatic carbocycles. The van der Waals surface area contributed by atoms with Crippen LogP contribution >= 0.6 is 11.8 Å². The number of carbonyl (C=O) groups is 2. The minimum absolute atomic E-state index is 0.0781. The van der Waals surface area contributed by atoms with E-state index in [0.29, 0.717) is 12.8 Å². The second-order valence-electron chi connectivity index (χ2n) is 7.03. The van der Waals surface area contributed by atoms with Gasteiger partial charge < -0.3 is 15.2 Å². The molecule has 0 aliphatic rings. The van der Waals surface area contributed by atoms with Crippen LogP contribution in [0.5, 0.6) is 0 Å². The van der Waals surface area contributed by atoms with E-state index < -0.39 is 12.1 Å². The third-order valence-electron chi connectivity index (χ3n) is 4.12. The minimum atomic E-state index is -0.870. The zero-order valence-corrected chi connectivity index (χ0v) is 17.1. The Hall–Kier alpha value is -1.79. The predicted molar refractivity (Wildman–Crippen MR) is 106 cm³/mol. The van der Waals surface area contributed by atoms with Crippen molar-refractivity contribution in [2.75, 3.05) is 6.61 Å². The smallest absolute Gasteiger partial charge is 0.425 e. The molecular weight excluding hydrogens is 368 g/mol. The molecule has 6 nitrogen and oxygen atoms in total. The largest absolute Gasteiger partial charge is 0.444 e. The van der Waals surface area contributed by atoms with Crippen molar-refractivity contribution in [3.05, 3.63) is 35.9 Å². The number of benzene rings is 1. The lowest BCUT2D eigenvalue weighted by molar-refractivity contribution is -0.126. The molecule has 0 saturated carbocycles. The monoisotopic (exact) mass is 398 g/mol. The van der Waals surface area contributed by atoms with E-state index in [1.165, 1.54) is 0 Å². The number of aliphatic hydroxyl groups excluding tert-OH is 1. The van der Waals surface area contributed by atoms with Gasteiger partial charge in [0.1, 0.15) is 12.6 Å². The fourth-order valence-corrected chi connectivity index (χ4v) is 2.83. The Balaban J connectivity index is 2.71. The van der Waals surface area contributed by atoms with Crippen LogP contribution < -0.4 is 5.32 Å². The summed E-state index contributed by atoms with van der Waals surface area (Å²) in [6.07, 6.45) is 2.16. The first-order chi connectivity index (χ1) is 12.9. The van der Waals surface area contributed by atoms with E-state index in [1.807, 2.05) is 51.1 Å². The number of unbranched alkanes of at least 4 members (excludes halogenated alkanes) is 1. The van der Waals surface area contributed by atoms with Gasteiger partial charge in [-0.2, -0.15) is 0 Å². The van der Waals surface area contributed by atoms with Crippen molar-refractivity contribution in [1.29, 1.82) is 0 Å². The highest BCUT2D eigenvalue weighted by molar-refractivity contribution is 6.22. The van der Waals surface area contributed by atoms with Gasteiger partial charge in [0, 0.05) is 11.8 Å². The first kappa shape index (κ1) is 23.2. The van der Waals surface area contributed by atoms with Crippen LogP contribution in [-0.4, -0.2) is 40.2 Å². The number of hydrogen-bond donors (Lipinski definition) is 2. The Kier molecular flexibility index (Phi) is 10.8. The maximum absolute atomic E-state index is 12.7. The molecule has 1 aromatic carbocycles. The number of rotatable bonds is 11. The normalized spacial score (nSPS) is 13.1. The van der Waals surface area contributed by atoms with E-state index in [4.69, 9.17) is 16.5 Å². The lowest BCUT2D eigenvalue weighted by Gasteiger charge is -2.27. The molecule has 0 bridgehead atoms. The fraction of sp³-hybridized carbons (Fsp3) is 0.600. The summed E-state index contributed by atoms with van der Waals surface area (Å²) in [5.74, 6) is -0.238. The maximum atomic E-state index is 12.7. The van der Waals surface area contributed by atoms with Crippen LogP contribution in [0.25, 0.3) is 0 Å². The molecule has 0 fully saturated rings. The number of hydrogen-bond acceptors (Lipinski definition) is 4. The van der Waals surface area contributed by atoms with Gasteiger partial charge in [0.25, 0.3) is 0 Å². The van der Waals surface area contributed by atoms with Crippen molar-refractivity contribution in [2.24, 2.45) is 5.92 Å². The molecule has 152 valence electrons. The standard InChI is InChI=1S/C20H31ClN2O4/c1-4-5-11-17(13-24)22-19(25)18(12-15(2)3)23(21)20(26)27-14-16-9-7-6-8-10-16/h6-10,15,17-18,24H,4-5,11-14H2,1-3H3,(H,22,25)/t17-,18-/m0/s1. The van der Waals surface area contributed by atoms with Crippen LogP contribution in [0, 0.1) is 5.92 Å². The van der Waals surface area contributed by atoms with E-state index in [1.54, 1.807) is 0 Å². The molecule has 0 saturated heterocycles. The van der Waals surface area contributed by atoms with Gasteiger partial charge in [0.2, 0.25) is 5.91 Å². The van der Waals surface area contributed by atoms with E-state index in [0.717, 1.165) is 22.8 Å². The third-order valence-corrected chi connectivity index (χ3v) is 4.50. The van der Waals surface area contributed by atoms with Crippen LogP contribution in [0.2, 0.25) is 0 Å². The maximum Gasteiger partial charge on any atom is 0.425 e. The van der Waals surface area contributed by atoms with E-state index >= 15 is 0 Å². The van der Waals surface area contributed by atoms with Crippen LogP contribution in [0.15, 0.2) is 30.3 Å². The Bertz CT molecular complexity index is 568. The zero-order valence-electron chi connectivity index (χ0n) is 16.4. The van der Waals surface area contributed by atoms with Crippen molar-refractivity contribution in [1.82, 2.24) is 9.74 Å². The van der Waals surface area contributed by atoms with Gasteiger partial charge >= 0.3 is 6.09 Å². The van der Waals surface area contributed by atoms with Gasteiger partial charge in [-0.15, -0.1) is 0 Å². The van der Waals surface area contributed by atoms with Gasteiger partial charge in [0.05, 0.1) is 12.6 Å². The number of halogens is 1. The molecule has 1 aromatic rings. The number of ether oxygens (including phenoxy) is 1. The number of amides is 2. The second kappa shape index (κ2) is 12.6. The summed E-state index contributed by atoms with van der Waals surface area (Å²) in [7, 11) is 0. The molecule has 7 heteroatoms. The predicted octanol–water partition coefficient (Wildman–Crippen LogP) is 3.86. The highest BCUT2D eigenvalue weighted by Gasteiger charge is 2.31. The molecule has 0 aromatic heterocycles. The van der Waals surface area contributed by atoms with Gasteiger partial charge in [-0.05, 0) is 24.3 Å². The number of aliphatic hydroxyl groups is 1. The highest BCUT2D eigenvalue weighted by atomic mass is 35.5. The van der Waals surface area contributed by atoms with E-state index in [-0.39, 0.29) is 31.1 Å². The lowest BCUT2D eigenvalue weighted by atomic mass is 10.0. The number of nitrogens with one attached hydrogen (secondary N) is 1. The lowest BCUT2D eigenvalue weighted by Crippen LogP contribution is -2.50. The molecule has 27 heavy (non-hydrogen) atoms. The van der Waals surface area contributed by atoms with Gasteiger partial charge in [-0.1, -0.05) is 63.9 Å². The topological polar surface area (TPSA) is 78.9 Å². The third kappa shape index (κ3) is 8.63. The first-order valence-electron chi connectivity index (χ1n) is 9.45. The average Bonchev–Trinajstić information content (AvgIpc) is 2.67. The molecule has 2 N–H and O–H groups in total. The summed E-state index contributed by atoms with van der Waals surface area (Å²) in [4.78, 5) is 25.0. The molecule has 0 spiro atoms. The Morgan fingerprint density at radius 3 is 2.48 bits per heavy atom. The molecule has 2 amide bonds. The summed E-state index contributed by atoms with van der Waals surface area (Å²) in [5.41, 5.74) is 0.834. The Morgan fingerprint density at radius 2 is 1.93 bits per heavy atom. The van der Waals surface area contributed by atoms with Crippen molar-refractivity contribution in [3.8, 4) is 0 Å². The summed E-state index contributed by atoms with van der Waals surface area (Å²) >= 11 is 6.17. The molecule has 0 unspecified atom stereocenters. The summed E-state index contributed by atoms with van der Waals surface area (Å²) in [6.45, 7) is 5.86. The molecule has 1 rings (SSSR count). The van der Waals surface area contributed by atoms with Crippen molar-refractivity contribution >= 4 is 23.8 Å². The minimum Gasteiger partial charge on any atom is -0.444 e. The average molecular weight is 399 g/mol. The molecule has 0 radical (unpaired) electrons. The highest BCUT2D eigenvalue weighted by Crippen LogP contribution is 2.17. The molecule has 2 atom stereocenters. The Morgan fingerprint density at radius 1 is 1.26 bits per heavy atom. The summed E-state index contributed by atoms with van der Waals surface area (Å²) in [5, 5.41) is 12.3. The van der Waals surface area contributed by atoms with Gasteiger partial charge in [-0.25, -0.2) is 9.21 Å². The van der Waals surface area contributed by atoms with E-state index in [2.05, 4.69) is 5.32 Å². The molecular formula is C20H31ClN2O4. The summed E-state index contributed by atoms with van der Waals surface area (Å²) in [6, 6.07) is 8.03. The van der Waals surface area contributed by atoms with Crippen LogP contribution in [0.4, 0.5) is 4.79 Å². The van der Waals surface area contributed by atoms with Crippen molar-refractivity contribution in [3.63, 3.8) is 0 Å². The quantitative estimate of drug-likeness (QED) is 0.555. The van der Waals surface area contributed by atoms with E-state index in [9.17, 15) is 14.7 Å². The van der Waals surface area contributed by atoms with Crippen LogP contribution in [0.3, 0.4) is 0 Å². The number of carbonyl (C=O) groups excluding carboxylic acids is 2. The second-order valence-corrected chi connectivity index (χ2v) is 7.39. The zero-order chi connectivity index (χ0) is 20.2. The van der Waals surface area contributed by atoms with Gasteiger partial charge in [-0.3, -0.25) is 4.79 Å². The van der Waals surface area contributed by atoms with Crippen molar-refractivity contribution < 1.29 is 19.4 Å². The Labute approximate surface area is 166 Å². The first-order valence-corrected chi connectivity index (χ1v) is 9.79. The molecule has 0 heterocycles. The fourth-order valence-electron chi connectivity index (χ4n) is 2.61. The molecule has 0 aliphatic heterocycles. The van der Waals surface area contributed by atoms with Crippen molar-refractivity contribution in [2.45, 2.75) is 65.1 Å². The summed E-state index contributed by atoms with van der Waals surface area (Å²) < 4.78 is 6.05. The SMILES string of the molecule is CCCC[C@@H](CO)NC(=O)[C@H](CC(C)C)N(Cl)C(=O)OCc1ccccc1.